The second-order valence-electron chi connectivity index (χ2n) is 4.73. The molecule has 0 aromatic rings. The van der Waals surface area contributed by atoms with Crippen LogP contribution in [0.3, 0.4) is 0 Å². The summed E-state index contributed by atoms with van der Waals surface area (Å²) in [5.41, 5.74) is 5.53. The molecular formula is C12H26N2. The van der Waals surface area contributed by atoms with Gasteiger partial charge in [-0.1, -0.05) is 13.3 Å². The van der Waals surface area contributed by atoms with E-state index in [-0.39, 0.29) is 0 Å². The first-order valence-corrected chi connectivity index (χ1v) is 6.25. The summed E-state index contributed by atoms with van der Waals surface area (Å²) < 4.78 is 0. The largest absolute Gasteiger partial charge is 0.330 e. The van der Waals surface area contributed by atoms with Crippen molar-refractivity contribution in [2.75, 3.05) is 26.2 Å². The zero-order chi connectivity index (χ0) is 10.2. The van der Waals surface area contributed by atoms with E-state index >= 15 is 0 Å². The summed E-state index contributed by atoms with van der Waals surface area (Å²) in [5.74, 6) is 0.824. The maximum Gasteiger partial charge on any atom is -0.00186 e. The molecule has 1 aliphatic heterocycles. The minimum absolute atomic E-state index is 0.824. The molecule has 0 spiro atoms. The van der Waals surface area contributed by atoms with E-state index < -0.39 is 0 Å². The van der Waals surface area contributed by atoms with Crippen LogP contribution >= 0.6 is 0 Å². The number of rotatable bonds is 6. The molecule has 0 aliphatic carbocycles. The van der Waals surface area contributed by atoms with Crippen molar-refractivity contribution in [3.63, 3.8) is 0 Å². The summed E-state index contributed by atoms with van der Waals surface area (Å²) in [7, 11) is 0. The Morgan fingerprint density at radius 3 is 2.50 bits per heavy atom. The lowest BCUT2D eigenvalue weighted by molar-refractivity contribution is 0.220. The molecule has 2 heteroatoms. The van der Waals surface area contributed by atoms with Gasteiger partial charge in [0.1, 0.15) is 0 Å². The Labute approximate surface area is 88.8 Å². The molecule has 0 amide bonds. The summed E-state index contributed by atoms with van der Waals surface area (Å²) in [6, 6.07) is 0. The van der Waals surface area contributed by atoms with Crippen molar-refractivity contribution < 1.29 is 0 Å². The zero-order valence-electron chi connectivity index (χ0n) is 9.67. The van der Waals surface area contributed by atoms with Crippen LogP contribution in [-0.4, -0.2) is 31.1 Å². The molecule has 0 bridgehead atoms. The molecule has 1 unspecified atom stereocenters. The summed E-state index contributed by atoms with van der Waals surface area (Å²) in [6.07, 6.45) is 8.19. The maximum atomic E-state index is 5.53. The highest BCUT2D eigenvalue weighted by molar-refractivity contribution is 4.65. The second-order valence-corrected chi connectivity index (χ2v) is 4.73. The van der Waals surface area contributed by atoms with Crippen LogP contribution in [-0.2, 0) is 0 Å². The van der Waals surface area contributed by atoms with Crippen LogP contribution in [0.4, 0.5) is 0 Å². The van der Waals surface area contributed by atoms with Gasteiger partial charge in [0.05, 0.1) is 0 Å². The van der Waals surface area contributed by atoms with Gasteiger partial charge in [-0.25, -0.2) is 0 Å². The van der Waals surface area contributed by atoms with E-state index in [2.05, 4.69) is 11.8 Å². The first kappa shape index (κ1) is 12.0. The Morgan fingerprint density at radius 1 is 1.14 bits per heavy atom. The number of likely N-dealkylation sites (tertiary alicyclic amines) is 1. The topological polar surface area (TPSA) is 29.3 Å². The van der Waals surface area contributed by atoms with Crippen molar-refractivity contribution in [1.82, 2.24) is 4.90 Å². The minimum Gasteiger partial charge on any atom is -0.330 e. The quantitative estimate of drug-likeness (QED) is 0.709. The van der Waals surface area contributed by atoms with Crippen LogP contribution in [0, 0.1) is 5.92 Å². The van der Waals surface area contributed by atoms with Gasteiger partial charge >= 0.3 is 0 Å². The van der Waals surface area contributed by atoms with Gasteiger partial charge in [0.15, 0.2) is 0 Å². The van der Waals surface area contributed by atoms with E-state index in [9.17, 15) is 0 Å². The van der Waals surface area contributed by atoms with Crippen molar-refractivity contribution in [3.8, 4) is 0 Å². The monoisotopic (exact) mass is 198 g/mol. The fourth-order valence-electron chi connectivity index (χ4n) is 2.28. The summed E-state index contributed by atoms with van der Waals surface area (Å²) >= 11 is 0. The fraction of sp³-hybridized carbons (Fsp3) is 1.00. The van der Waals surface area contributed by atoms with Crippen molar-refractivity contribution in [1.29, 1.82) is 0 Å². The lowest BCUT2D eigenvalue weighted by Gasteiger charge is -2.26. The average Bonchev–Trinajstić information content (AvgIpc) is 2.20. The van der Waals surface area contributed by atoms with Gasteiger partial charge in [-0.15, -0.1) is 0 Å². The molecular weight excluding hydrogens is 172 g/mol. The van der Waals surface area contributed by atoms with Gasteiger partial charge in [-0.3, -0.25) is 0 Å². The first-order valence-electron chi connectivity index (χ1n) is 6.25. The third kappa shape index (κ3) is 4.97. The van der Waals surface area contributed by atoms with Gasteiger partial charge < -0.3 is 10.6 Å². The van der Waals surface area contributed by atoms with Gasteiger partial charge in [-0.2, -0.15) is 0 Å². The molecule has 0 aromatic carbocycles. The molecule has 1 heterocycles. The van der Waals surface area contributed by atoms with Crippen LogP contribution in [0.2, 0.25) is 0 Å². The van der Waals surface area contributed by atoms with Gasteiger partial charge in [-0.05, 0) is 64.2 Å². The molecule has 1 rings (SSSR count). The molecule has 2 N–H and O–H groups in total. The smallest absolute Gasteiger partial charge is 0.00186 e. The SMILES string of the molecule is CC(CCN)CCCN1CCCCC1. The van der Waals surface area contributed by atoms with E-state index in [0.29, 0.717) is 0 Å². The number of hydrogen-bond acceptors (Lipinski definition) is 2. The lowest BCUT2D eigenvalue weighted by Crippen LogP contribution is -2.30. The van der Waals surface area contributed by atoms with E-state index in [4.69, 9.17) is 5.73 Å². The Kier molecular flexibility index (Phi) is 6.20. The molecule has 0 saturated carbocycles. The normalized spacial score (nSPS) is 21.0. The highest BCUT2D eigenvalue weighted by Gasteiger charge is 2.09. The average molecular weight is 198 g/mol. The van der Waals surface area contributed by atoms with E-state index in [1.807, 2.05) is 0 Å². The summed E-state index contributed by atoms with van der Waals surface area (Å²) in [6.45, 7) is 7.17. The van der Waals surface area contributed by atoms with E-state index in [1.54, 1.807) is 0 Å². The molecule has 1 fully saturated rings. The predicted octanol–water partition coefficient (Wildman–Crippen LogP) is 2.24. The second kappa shape index (κ2) is 7.24. The van der Waals surface area contributed by atoms with Crippen LogP contribution in [0.25, 0.3) is 0 Å². The summed E-state index contributed by atoms with van der Waals surface area (Å²) in [4.78, 5) is 2.62. The number of nitrogens with zero attached hydrogens (tertiary/aromatic N) is 1. The predicted molar refractivity (Wildman–Crippen MR) is 62.4 cm³/mol. The van der Waals surface area contributed by atoms with Crippen LogP contribution < -0.4 is 5.73 Å². The molecule has 0 aromatic heterocycles. The van der Waals surface area contributed by atoms with Gasteiger partial charge in [0.25, 0.3) is 0 Å². The number of nitrogens with two attached hydrogens (primary N) is 1. The molecule has 0 radical (unpaired) electrons. The molecule has 14 heavy (non-hydrogen) atoms. The zero-order valence-corrected chi connectivity index (χ0v) is 9.67. The fourth-order valence-corrected chi connectivity index (χ4v) is 2.28. The molecule has 84 valence electrons. The molecule has 1 atom stereocenters. The molecule has 1 saturated heterocycles. The molecule has 1 aliphatic rings. The van der Waals surface area contributed by atoms with Crippen LogP contribution in [0.1, 0.15) is 45.4 Å². The van der Waals surface area contributed by atoms with Crippen molar-refractivity contribution in [2.45, 2.75) is 45.4 Å². The van der Waals surface area contributed by atoms with Crippen molar-refractivity contribution in [3.05, 3.63) is 0 Å². The van der Waals surface area contributed by atoms with E-state index in [0.717, 1.165) is 12.5 Å². The first-order chi connectivity index (χ1) is 6.83. The third-order valence-corrected chi connectivity index (χ3v) is 3.28. The Hall–Kier alpha value is -0.0800. The van der Waals surface area contributed by atoms with Crippen molar-refractivity contribution in [2.24, 2.45) is 11.7 Å². The van der Waals surface area contributed by atoms with Crippen molar-refractivity contribution >= 4 is 0 Å². The number of hydrogen-bond donors (Lipinski definition) is 1. The Bertz CT molecular complexity index is 130. The highest BCUT2D eigenvalue weighted by atomic mass is 15.1. The van der Waals surface area contributed by atoms with Crippen LogP contribution in [0.5, 0.6) is 0 Å². The van der Waals surface area contributed by atoms with E-state index in [1.165, 1.54) is 58.2 Å². The summed E-state index contributed by atoms with van der Waals surface area (Å²) in [5, 5.41) is 0. The molecule has 2 nitrogen and oxygen atoms in total. The highest BCUT2D eigenvalue weighted by Crippen LogP contribution is 2.13. The Morgan fingerprint density at radius 2 is 1.86 bits per heavy atom. The minimum atomic E-state index is 0.824. The maximum absolute atomic E-state index is 5.53. The standard InChI is InChI=1S/C12H26N2/c1-12(7-8-13)6-5-11-14-9-3-2-4-10-14/h12H,2-11,13H2,1H3. The third-order valence-electron chi connectivity index (χ3n) is 3.28. The Balaban J connectivity index is 1.96. The van der Waals surface area contributed by atoms with Gasteiger partial charge in [0.2, 0.25) is 0 Å². The lowest BCUT2D eigenvalue weighted by atomic mass is 10.0. The van der Waals surface area contributed by atoms with Gasteiger partial charge in [0, 0.05) is 0 Å². The van der Waals surface area contributed by atoms with Crippen LogP contribution in [0.15, 0.2) is 0 Å². The number of piperidine rings is 1.